The van der Waals surface area contributed by atoms with Crippen LogP contribution < -0.4 is 5.32 Å². The number of aromatic nitrogens is 2. The van der Waals surface area contributed by atoms with Crippen molar-refractivity contribution in [1.82, 2.24) is 9.97 Å². The fraction of sp³-hybridized carbons (Fsp3) is 0.500. The van der Waals surface area contributed by atoms with Crippen LogP contribution in [-0.4, -0.2) is 16.5 Å². The summed E-state index contributed by atoms with van der Waals surface area (Å²) in [5.41, 5.74) is 1.21. The fourth-order valence-electron chi connectivity index (χ4n) is 1.00. The molecule has 4 nitrogen and oxygen atoms in total. The summed E-state index contributed by atoms with van der Waals surface area (Å²) in [6.07, 6.45) is 0. The summed E-state index contributed by atoms with van der Waals surface area (Å²) in [5, 5.41) is 11.8. The van der Waals surface area contributed by atoms with E-state index in [9.17, 15) is 0 Å². The molecule has 1 aromatic rings. The van der Waals surface area contributed by atoms with Crippen molar-refractivity contribution in [2.45, 2.75) is 20.8 Å². The zero-order chi connectivity index (χ0) is 10.6. The molecule has 4 heteroatoms. The lowest BCUT2D eigenvalue weighted by Crippen LogP contribution is -2.11. The van der Waals surface area contributed by atoms with Crippen LogP contribution in [0.2, 0.25) is 0 Å². The molecular formula is C10H14N4. The molecule has 14 heavy (non-hydrogen) atoms. The van der Waals surface area contributed by atoms with Crippen molar-refractivity contribution in [2.75, 3.05) is 11.9 Å². The van der Waals surface area contributed by atoms with Gasteiger partial charge < -0.3 is 5.32 Å². The third-order valence-corrected chi connectivity index (χ3v) is 1.64. The maximum atomic E-state index is 8.70. The molecule has 0 amide bonds. The van der Waals surface area contributed by atoms with Gasteiger partial charge in [-0.1, -0.05) is 13.8 Å². The zero-order valence-corrected chi connectivity index (χ0v) is 8.70. The lowest BCUT2D eigenvalue weighted by Gasteiger charge is -2.07. The molecule has 0 spiro atoms. The average Bonchev–Trinajstić information content (AvgIpc) is 2.14. The van der Waals surface area contributed by atoms with Crippen LogP contribution in [0, 0.1) is 24.2 Å². The van der Waals surface area contributed by atoms with E-state index in [0.717, 1.165) is 12.2 Å². The van der Waals surface area contributed by atoms with Crippen LogP contribution in [0.1, 0.15) is 25.2 Å². The minimum atomic E-state index is 0.406. The topological polar surface area (TPSA) is 61.6 Å². The van der Waals surface area contributed by atoms with E-state index in [0.29, 0.717) is 17.6 Å². The Morgan fingerprint density at radius 3 is 2.79 bits per heavy atom. The maximum absolute atomic E-state index is 8.70. The van der Waals surface area contributed by atoms with E-state index in [1.165, 1.54) is 0 Å². The highest BCUT2D eigenvalue weighted by Gasteiger charge is 2.01. The Labute approximate surface area is 84.0 Å². The Bertz CT molecular complexity index is 352. The van der Waals surface area contributed by atoms with Gasteiger partial charge in [0.1, 0.15) is 11.8 Å². The first-order valence-electron chi connectivity index (χ1n) is 4.61. The molecule has 0 saturated heterocycles. The van der Waals surface area contributed by atoms with Crippen molar-refractivity contribution in [1.29, 1.82) is 5.26 Å². The highest BCUT2D eigenvalue weighted by molar-refractivity contribution is 5.32. The van der Waals surface area contributed by atoms with Gasteiger partial charge in [0, 0.05) is 12.2 Å². The second-order valence-corrected chi connectivity index (χ2v) is 3.60. The third-order valence-electron chi connectivity index (χ3n) is 1.64. The van der Waals surface area contributed by atoms with Crippen LogP contribution in [0.5, 0.6) is 0 Å². The second-order valence-electron chi connectivity index (χ2n) is 3.60. The molecule has 74 valence electrons. The molecule has 0 unspecified atom stereocenters. The van der Waals surface area contributed by atoms with E-state index in [2.05, 4.69) is 29.1 Å². The predicted molar refractivity (Wildman–Crippen MR) is 54.8 cm³/mol. The van der Waals surface area contributed by atoms with Gasteiger partial charge in [-0.3, -0.25) is 0 Å². The number of aryl methyl sites for hydroxylation is 1. The van der Waals surface area contributed by atoms with E-state index in [1.807, 2.05) is 13.0 Å². The molecule has 0 radical (unpaired) electrons. The number of anilines is 1. The third kappa shape index (κ3) is 3.02. The minimum absolute atomic E-state index is 0.406. The van der Waals surface area contributed by atoms with Gasteiger partial charge in [0.2, 0.25) is 5.95 Å². The number of nitrogens with zero attached hydrogens (tertiary/aromatic N) is 3. The van der Waals surface area contributed by atoms with Crippen LogP contribution in [0.4, 0.5) is 5.95 Å². The first kappa shape index (κ1) is 10.5. The lowest BCUT2D eigenvalue weighted by molar-refractivity contribution is 0.684. The largest absolute Gasteiger partial charge is 0.354 e. The van der Waals surface area contributed by atoms with Gasteiger partial charge in [0.05, 0.1) is 0 Å². The van der Waals surface area contributed by atoms with E-state index >= 15 is 0 Å². The summed E-state index contributed by atoms with van der Waals surface area (Å²) in [5.74, 6) is 1.07. The first-order chi connectivity index (χ1) is 6.61. The van der Waals surface area contributed by atoms with Crippen molar-refractivity contribution in [3.8, 4) is 6.07 Å². The van der Waals surface area contributed by atoms with Crippen LogP contribution in [0.25, 0.3) is 0 Å². The van der Waals surface area contributed by atoms with Gasteiger partial charge in [0.15, 0.2) is 0 Å². The van der Waals surface area contributed by atoms with Gasteiger partial charge in [-0.2, -0.15) is 5.26 Å². The van der Waals surface area contributed by atoms with Gasteiger partial charge >= 0.3 is 0 Å². The normalized spacial score (nSPS) is 9.93. The summed E-state index contributed by atoms with van der Waals surface area (Å²) in [6, 6.07) is 3.67. The van der Waals surface area contributed by atoms with Gasteiger partial charge in [-0.15, -0.1) is 0 Å². The molecular weight excluding hydrogens is 176 g/mol. The van der Waals surface area contributed by atoms with E-state index in [1.54, 1.807) is 6.07 Å². The van der Waals surface area contributed by atoms with E-state index in [4.69, 9.17) is 5.26 Å². The van der Waals surface area contributed by atoms with Crippen LogP contribution in [0.15, 0.2) is 6.07 Å². The Morgan fingerprint density at radius 2 is 2.21 bits per heavy atom. The molecule has 1 aromatic heterocycles. The van der Waals surface area contributed by atoms with Gasteiger partial charge in [-0.25, -0.2) is 9.97 Å². The number of nitrogens with one attached hydrogen (secondary N) is 1. The zero-order valence-electron chi connectivity index (χ0n) is 8.70. The molecule has 0 fully saturated rings. The Morgan fingerprint density at radius 1 is 1.50 bits per heavy atom. The molecule has 0 aliphatic rings. The maximum Gasteiger partial charge on any atom is 0.224 e. The van der Waals surface area contributed by atoms with Crippen molar-refractivity contribution >= 4 is 5.95 Å². The molecule has 0 saturated carbocycles. The second kappa shape index (κ2) is 4.56. The van der Waals surface area contributed by atoms with Crippen molar-refractivity contribution < 1.29 is 0 Å². The van der Waals surface area contributed by atoms with Gasteiger partial charge in [0.25, 0.3) is 0 Å². The molecule has 1 rings (SSSR count). The Hall–Kier alpha value is -1.63. The van der Waals surface area contributed by atoms with Crippen LogP contribution in [0.3, 0.4) is 0 Å². The fourth-order valence-corrected chi connectivity index (χ4v) is 1.00. The monoisotopic (exact) mass is 190 g/mol. The summed E-state index contributed by atoms with van der Waals surface area (Å²) < 4.78 is 0. The van der Waals surface area contributed by atoms with Crippen LogP contribution >= 0.6 is 0 Å². The Balaban J connectivity index is 2.78. The first-order valence-corrected chi connectivity index (χ1v) is 4.61. The average molecular weight is 190 g/mol. The molecule has 0 aromatic carbocycles. The molecule has 1 heterocycles. The molecule has 1 N–H and O–H groups in total. The number of hydrogen-bond donors (Lipinski definition) is 1. The number of nitriles is 1. The highest BCUT2D eigenvalue weighted by atomic mass is 15.1. The van der Waals surface area contributed by atoms with Crippen molar-refractivity contribution in [3.63, 3.8) is 0 Å². The predicted octanol–water partition coefficient (Wildman–Crippen LogP) is 1.72. The van der Waals surface area contributed by atoms with Gasteiger partial charge in [-0.05, 0) is 18.9 Å². The van der Waals surface area contributed by atoms with Crippen LogP contribution in [-0.2, 0) is 0 Å². The molecule has 0 aliphatic heterocycles. The summed E-state index contributed by atoms with van der Waals surface area (Å²) in [7, 11) is 0. The Kier molecular flexibility index (Phi) is 3.41. The smallest absolute Gasteiger partial charge is 0.224 e. The summed E-state index contributed by atoms with van der Waals surface area (Å²) >= 11 is 0. The summed E-state index contributed by atoms with van der Waals surface area (Å²) in [4.78, 5) is 8.22. The summed E-state index contributed by atoms with van der Waals surface area (Å²) in [6.45, 7) is 6.87. The molecule has 0 aliphatic carbocycles. The minimum Gasteiger partial charge on any atom is -0.354 e. The SMILES string of the molecule is Cc1cc(C#N)nc(NCC(C)C)n1. The van der Waals surface area contributed by atoms with E-state index in [-0.39, 0.29) is 0 Å². The number of rotatable bonds is 3. The molecule has 0 bridgehead atoms. The van der Waals surface area contributed by atoms with Crippen molar-refractivity contribution in [2.24, 2.45) is 5.92 Å². The lowest BCUT2D eigenvalue weighted by atomic mass is 10.2. The standard InChI is InChI=1S/C10H14N4/c1-7(2)6-12-10-13-8(3)4-9(5-11)14-10/h4,7H,6H2,1-3H3,(H,12,13,14). The quantitative estimate of drug-likeness (QED) is 0.788. The highest BCUT2D eigenvalue weighted by Crippen LogP contribution is 2.04. The van der Waals surface area contributed by atoms with E-state index < -0.39 is 0 Å². The number of hydrogen-bond acceptors (Lipinski definition) is 4. The molecule has 0 atom stereocenters. The van der Waals surface area contributed by atoms with Crippen molar-refractivity contribution in [3.05, 3.63) is 17.5 Å².